The summed E-state index contributed by atoms with van der Waals surface area (Å²) in [6.07, 6.45) is 1.62. The number of rotatable bonds is 6. The van der Waals surface area contributed by atoms with E-state index in [2.05, 4.69) is 26.1 Å². The van der Waals surface area contributed by atoms with Crippen LogP contribution in [0.2, 0.25) is 0 Å². The Morgan fingerprint density at radius 3 is 2.75 bits per heavy atom. The van der Waals surface area contributed by atoms with E-state index in [4.69, 9.17) is 9.47 Å². The molecule has 0 atom stereocenters. The van der Waals surface area contributed by atoms with E-state index >= 15 is 0 Å². The van der Waals surface area contributed by atoms with Crippen LogP contribution in [-0.4, -0.2) is 26.5 Å². The molecule has 2 aromatic rings. The van der Waals surface area contributed by atoms with Gasteiger partial charge in [0.05, 0.1) is 17.7 Å². The minimum Gasteiger partial charge on any atom is -0.490 e. The summed E-state index contributed by atoms with van der Waals surface area (Å²) < 4.78 is 13.8. The average molecular weight is 342 g/mol. The van der Waals surface area contributed by atoms with E-state index in [1.807, 2.05) is 14.0 Å². The number of halogens is 1. The number of ether oxygens (including phenoxy) is 2. The largest absolute Gasteiger partial charge is 0.490 e. The fraction of sp³-hybridized carbons (Fsp3) is 0.385. The Kier molecular flexibility index (Phi) is 4.97. The molecule has 108 valence electrons. The molecule has 6 nitrogen and oxygen atoms in total. The van der Waals surface area contributed by atoms with E-state index in [1.165, 1.54) is 0 Å². The van der Waals surface area contributed by atoms with Crippen LogP contribution in [0, 0.1) is 0 Å². The maximum Gasteiger partial charge on any atom is 0.176 e. The summed E-state index contributed by atoms with van der Waals surface area (Å²) in [6, 6.07) is 3.56. The monoisotopic (exact) mass is 341 g/mol. The predicted octanol–water partition coefficient (Wildman–Crippen LogP) is 2.05. The lowest BCUT2D eigenvalue weighted by molar-refractivity contribution is 0.255. The minimum atomic E-state index is -0.0533. The first-order valence-corrected chi connectivity index (χ1v) is 6.96. The molecule has 1 N–H and O–H groups in total. The zero-order chi connectivity index (χ0) is 14.5. The summed E-state index contributed by atoms with van der Waals surface area (Å²) in [5.74, 6) is 1.89. The first-order chi connectivity index (χ1) is 9.65. The zero-order valence-electron chi connectivity index (χ0n) is 11.3. The first-order valence-electron chi connectivity index (χ1n) is 6.17. The second kappa shape index (κ2) is 6.71. The topological polar surface area (TPSA) is 69.4 Å². The Labute approximate surface area is 125 Å². The molecule has 0 fully saturated rings. The molecule has 0 spiro atoms. The third-order valence-corrected chi connectivity index (χ3v) is 3.29. The van der Waals surface area contributed by atoms with Crippen molar-refractivity contribution in [2.75, 3.05) is 6.61 Å². The summed E-state index contributed by atoms with van der Waals surface area (Å²) in [4.78, 5) is 0. The molecule has 0 aliphatic heterocycles. The maximum absolute atomic E-state index is 9.22. The summed E-state index contributed by atoms with van der Waals surface area (Å²) in [7, 11) is 1.85. The lowest BCUT2D eigenvalue weighted by Gasteiger charge is -2.14. The van der Waals surface area contributed by atoms with Crippen molar-refractivity contribution in [3.8, 4) is 11.5 Å². The number of nitrogens with zero attached hydrogens (tertiary/aromatic N) is 3. The van der Waals surface area contributed by atoms with Gasteiger partial charge in [0, 0.05) is 7.05 Å². The third-order valence-electron chi connectivity index (χ3n) is 2.70. The molecule has 0 amide bonds. The molecule has 0 unspecified atom stereocenters. The van der Waals surface area contributed by atoms with Crippen LogP contribution < -0.4 is 9.47 Å². The molecule has 0 saturated carbocycles. The van der Waals surface area contributed by atoms with Crippen LogP contribution in [0.3, 0.4) is 0 Å². The zero-order valence-corrected chi connectivity index (χ0v) is 12.9. The highest BCUT2D eigenvalue weighted by Gasteiger charge is 2.13. The molecule has 1 heterocycles. The molecule has 0 bridgehead atoms. The molecule has 0 saturated heterocycles. The van der Waals surface area contributed by atoms with Gasteiger partial charge in [-0.25, -0.2) is 0 Å². The summed E-state index contributed by atoms with van der Waals surface area (Å²) >= 11 is 3.43. The Balaban J connectivity index is 2.23. The SMILES string of the molecule is CCOc1cc(CO)cc(Br)c1OCc1nncn1C. The molecule has 20 heavy (non-hydrogen) atoms. The van der Waals surface area contributed by atoms with Crippen molar-refractivity contribution in [2.45, 2.75) is 20.1 Å². The van der Waals surface area contributed by atoms with Crippen LogP contribution in [0.5, 0.6) is 11.5 Å². The van der Waals surface area contributed by atoms with E-state index in [0.717, 1.165) is 10.0 Å². The molecule has 0 aliphatic rings. The molecular formula is C13H16BrN3O3. The van der Waals surface area contributed by atoms with E-state index < -0.39 is 0 Å². The Morgan fingerprint density at radius 2 is 2.15 bits per heavy atom. The second-order valence-corrected chi connectivity index (χ2v) is 5.00. The molecule has 1 aromatic heterocycles. The van der Waals surface area contributed by atoms with Crippen LogP contribution in [0.1, 0.15) is 18.3 Å². The van der Waals surface area contributed by atoms with Gasteiger partial charge in [0.2, 0.25) is 0 Å². The normalized spacial score (nSPS) is 10.6. The van der Waals surface area contributed by atoms with E-state index in [0.29, 0.717) is 23.9 Å². The lowest BCUT2D eigenvalue weighted by atomic mass is 10.2. The minimum absolute atomic E-state index is 0.0533. The molecule has 2 rings (SSSR count). The van der Waals surface area contributed by atoms with Gasteiger partial charge in [-0.05, 0) is 40.5 Å². The maximum atomic E-state index is 9.22. The van der Waals surface area contributed by atoms with Crippen molar-refractivity contribution >= 4 is 15.9 Å². The van der Waals surface area contributed by atoms with E-state index in [-0.39, 0.29) is 13.2 Å². The van der Waals surface area contributed by atoms with Gasteiger partial charge in [-0.1, -0.05) is 0 Å². The van der Waals surface area contributed by atoms with Gasteiger partial charge in [0.1, 0.15) is 12.9 Å². The quantitative estimate of drug-likeness (QED) is 0.870. The lowest BCUT2D eigenvalue weighted by Crippen LogP contribution is -2.05. The number of benzene rings is 1. The fourth-order valence-corrected chi connectivity index (χ4v) is 2.29. The highest BCUT2D eigenvalue weighted by Crippen LogP contribution is 2.37. The fourth-order valence-electron chi connectivity index (χ4n) is 1.69. The van der Waals surface area contributed by atoms with Crippen LogP contribution in [0.25, 0.3) is 0 Å². The van der Waals surface area contributed by atoms with Crippen LogP contribution in [0.4, 0.5) is 0 Å². The van der Waals surface area contributed by atoms with Gasteiger partial charge in [0.25, 0.3) is 0 Å². The summed E-state index contributed by atoms with van der Waals surface area (Å²) in [5, 5.41) is 17.0. The van der Waals surface area contributed by atoms with Crippen molar-refractivity contribution in [3.63, 3.8) is 0 Å². The van der Waals surface area contributed by atoms with Gasteiger partial charge in [-0.15, -0.1) is 10.2 Å². The Hall–Kier alpha value is -1.60. The van der Waals surface area contributed by atoms with E-state index in [9.17, 15) is 5.11 Å². The standard InChI is InChI=1S/C13H16BrN3O3/c1-3-19-11-5-9(6-18)4-10(14)13(11)20-7-12-16-15-8-17(12)2/h4-5,8,18H,3,6-7H2,1-2H3. The first kappa shape index (κ1) is 14.8. The molecule has 1 aromatic carbocycles. The van der Waals surface area contributed by atoms with Crippen molar-refractivity contribution < 1.29 is 14.6 Å². The molecule has 0 radical (unpaired) electrons. The number of aliphatic hydroxyl groups is 1. The van der Waals surface area contributed by atoms with Crippen molar-refractivity contribution in [1.29, 1.82) is 0 Å². The van der Waals surface area contributed by atoms with Gasteiger partial charge in [-0.3, -0.25) is 0 Å². The molecule has 7 heteroatoms. The summed E-state index contributed by atoms with van der Waals surface area (Å²) in [6.45, 7) is 2.64. The highest BCUT2D eigenvalue weighted by molar-refractivity contribution is 9.10. The number of hydrogen-bond acceptors (Lipinski definition) is 5. The number of aliphatic hydroxyl groups excluding tert-OH is 1. The van der Waals surface area contributed by atoms with E-state index in [1.54, 1.807) is 23.0 Å². The smallest absolute Gasteiger partial charge is 0.176 e. The van der Waals surface area contributed by atoms with Crippen LogP contribution >= 0.6 is 15.9 Å². The van der Waals surface area contributed by atoms with Gasteiger partial charge >= 0.3 is 0 Å². The molecule has 0 aliphatic carbocycles. The highest BCUT2D eigenvalue weighted by atomic mass is 79.9. The molecular weight excluding hydrogens is 326 g/mol. The second-order valence-electron chi connectivity index (χ2n) is 4.14. The van der Waals surface area contributed by atoms with Crippen LogP contribution in [0.15, 0.2) is 22.9 Å². The van der Waals surface area contributed by atoms with Crippen molar-refractivity contribution in [3.05, 3.63) is 34.3 Å². The van der Waals surface area contributed by atoms with Gasteiger partial charge in [0.15, 0.2) is 17.3 Å². The predicted molar refractivity (Wildman–Crippen MR) is 76.6 cm³/mol. The average Bonchev–Trinajstić information content (AvgIpc) is 2.83. The van der Waals surface area contributed by atoms with Gasteiger partial charge in [-0.2, -0.15) is 0 Å². The number of aromatic nitrogens is 3. The number of hydrogen-bond donors (Lipinski definition) is 1. The Morgan fingerprint density at radius 1 is 1.35 bits per heavy atom. The van der Waals surface area contributed by atoms with Crippen LogP contribution in [-0.2, 0) is 20.3 Å². The Bertz CT molecular complexity index is 586. The van der Waals surface area contributed by atoms with Crippen molar-refractivity contribution in [1.82, 2.24) is 14.8 Å². The van der Waals surface area contributed by atoms with Crippen molar-refractivity contribution in [2.24, 2.45) is 7.05 Å². The van der Waals surface area contributed by atoms with Gasteiger partial charge < -0.3 is 19.1 Å². The third kappa shape index (κ3) is 3.29. The summed E-state index contributed by atoms with van der Waals surface area (Å²) in [5.41, 5.74) is 0.756. The number of aryl methyl sites for hydroxylation is 1.